The number of nitrogens with zero attached hydrogens (tertiary/aromatic N) is 1. The number of nitrogen functional groups attached to an aromatic ring is 1. The Morgan fingerprint density at radius 3 is 2.64 bits per heavy atom. The van der Waals surface area contributed by atoms with Crippen LogP contribution in [0.2, 0.25) is 0 Å². The van der Waals surface area contributed by atoms with Crippen LogP contribution in [-0.2, 0) is 9.53 Å². The highest BCUT2D eigenvalue weighted by Crippen LogP contribution is 2.24. The predicted octanol–water partition coefficient (Wildman–Crippen LogP) is 3.12. The van der Waals surface area contributed by atoms with Crippen molar-refractivity contribution in [1.82, 2.24) is 0 Å². The minimum Gasteiger partial charge on any atom is -0.449 e. The summed E-state index contributed by atoms with van der Waals surface area (Å²) in [5.74, 6) is -1.47. The molecule has 0 aromatic heterocycles. The zero-order valence-electron chi connectivity index (χ0n) is 13.1. The Morgan fingerprint density at radius 1 is 1.28 bits per heavy atom. The lowest BCUT2D eigenvalue weighted by atomic mass is 10.2. The molecule has 2 rings (SSSR count). The molecule has 0 fully saturated rings. The number of nitro benzene ring substituents is 1. The van der Waals surface area contributed by atoms with Gasteiger partial charge in [0.25, 0.3) is 11.6 Å². The molecule has 2 aromatic carbocycles. The molecule has 2 aromatic rings. The standard InChI is InChI=1S/C16H14BrN3O5/c1-9(25-16(22)11-8-10(17)6-7-12(11)18)15(21)19-13-4-2-3-5-14(13)20(23)24/h2-9H,18H2,1H3,(H,19,21)/t9-/m0/s1. The quantitative estimate of drug-likeness (QED) is 0.339. The van der Waals surface area contributed by atoms with Gasteiger partial charge in [0.1, 0.15) is 5.69 Å². The Hall–Kier alpha value is -2.94. The first-order valence-electron chi connectivity index (χ1n) is 7.10. The first kappa shape index (κ1) is 18.4. The Morgan fingerprint density at radius 2 is 1.96 bits per heavy atom. The van der Waals surface area contributed by atoms with Crippen LogP contribution in [-0.4, -0.2) is 22.9 Å². The van der Waals surface area contributed by atoms with Crippen molar-refractivity contribution in [2.24, 2.45) is 0 Å². The van der Waals surface area contributed by atoms with Gasteiger partial charge < -0.3 is 15.8 Å². The molecule has 1 atom stereocenters. The third-order valence-electron chi connectivity index (χ3n) is 3.25. The number of nitrogens with one attached hydrogen (secondary N) is 1. The number of hydrogen-bond donors (Lipinski definition) is 2. The molecule has 0 saturated heterocycles. The van der Waals surface area contributed by atoms with Gasteiger partial charge in [-0.2, -0.15) is 0 Å². The molecule has 3 N–H and O–H groups in total. The number of esters is 1. The Labute approximate surface area is 151 Å². The maximum atomic E-state index is 12.2. The summed E-state index contributed by atoms with van der Waals surface area (Å²) in [6.45, 7) is 1.36. The molecular formula is C16H14BrN3O5. The van der Waals surface area contributed by atoms with Crippen LogP contribution >= 0.6 is 15.9 Å². The van der Waals surface area contributed by atoms with Gasteiger partial charge in [0.05, 0.1) is 10.5 Å². The zero-order valence-corrected chi connectivity index (χ0v) is 14.6. The maximum absolute atomic E-state index is 12.2. The fourth-order valence-corrected chi connectivity index (χ4v) is 2.32. The molecular weight excluding hydrogens is 394 g/mol. The van der Waals surface area contributed by atoms with Gasteiger partial charge in [0, 0.05) is 16.2 Å². The lowest BCUT2D eigenvalue weighted by Crippen LogP contribution is -2.30. The summed E-state index contributed by atoms with van der Waals surface area (Å²) in [6.07, 6.45) is -1.18. The molecule has 0 heterocycles. The van der Waals surface area contributed by atoms with Gasteiger partial charge in [-0.25, -0.2) is 4.79 Å². The van der Waals surface area contributed by atoms with Gasteiger partial charge in [0.2, 0.25) is 0 Å². The van der Waals surface area contributed by atoms with E-state index in [0.29, 0.717) is 4.47 Å². The van der Waals surface area contributed by atoms with E-state index in [4.69, 9.17) is 10.5 Å². The third-order valence-corrected chi connectivity index (χ3v) is 3.74. The maximum Gasteiger partial charge on any atom is 0.341 e. The Kier molecular flexibility index (Phi) is 5.71. The number of rotatable bonds is 5. The molecule has 1 amide bonds. The molecule has 0 bridgehead atoms. The minimum atomic E-state index is -1.18. The number of carbonyl (C=O) groups excluding carboxylic acids is 2. The van der Waals surface area contributed by atoms with Crippen molar-refractivity contribution in [1.29, 1.82) is 0 Å². The van der Waals surface area contributed by atoms with Gasteiger partial charge in [-0.1, -0.05) is 28.1 Å². The van der Waals surface area contributed by atoms with E-state index in [1.807, 2.05) is 0 Å². The molecule has 0 aliphatic carbocycles. The molecule has 0 saturated carbocycles. The number of nitrogens with two attached hydrogens (primary N) is 1. The summed E-state index contributed by atoms with van der Waals surface area (Å²) in [7, 11) is 0. The van der Waals surface area contributed by atoms with Crippen LogP contribution in [0.5, 0.6) is 0 Å². The summed E-state index contributed by atoms with van der Waals surface area (Å²) >= 11 is 3.22. The van der Waals surface area contributed by atoms with Crippen molar-refractivity contribution in [3.05, 3.63) is 62.6 Å². The van der Waals surface area contributed by atoms with Crippen LogP contribution in [0.25, 0.3) is 0 Å². The second kappa shape index (κ2) is 7.75. The second-order valence-corrected chi connectivity index (χ2v) is 5.96. The van der Waals surface area contributed by atoms with Crippen LogP contribution in [0.4, 0.5) is 17.1 Å². The Balaban J connectivity index is 2.09. The second-order valence-electron chi connectivity index (χ2n) is 5.04. The average Bonchev–Trinajstić information content (AvgIpc) is 2.57. The average molecular weight is 408 g/mol. The lowest BCUT2D eigenvalue weighted by Gasteiger charge is -2.14. The van der Waals surface area contributed by atoms with Crippen LogP contribution in [0.15, 0.2) is 46.9 Å². The highest BCUT2D eigenvalue weighted by Gasteiger charge is 2.23. The summed E-state index contributed by atoms with van der Waals surface area (Å²) in [5, 5.41) is 13.3. The number of amides is 1. The number of anilines is 2. The largest absolute Gasteiger partial charge is 0.449 e. The van der Waals surface area contributed by atoms with E-state index in [2.05, 4.69) is 21.2 Å². The molecule has 0 radical (unpaired) electrons. The van der Waals surface area contributed by atoms with Gasteiger partial charge >= 0.3 is 5.97 Å². The zero-order chi connectivity index (χ0) is 18.6. The van der Waals surface area contributed by atoms with Gasteiger partial charge in [-0.05, 0) is 31.2 Å². The van der Waals surface area contributed by atoms with Crippen LogP contribution < -0.4 is 11.1 Å². The number of ether oxygens (including phenoxy) is 1. The smallest absolute Gasteiger partial charge is 0.341 e. The van der Waals surface area contributed by atoms with Crippen LogP contribution in [0.3, 0.4) is 0 Å². The molecule has 0 spiro atoms. The highest BCUT2D eigenvalue weighted by atomic mass is 79.9. The molecule has 0 aliphatic rings. The fraction of sp³-hybridized carbons (Fsp3) is 0.125. The summed E-state index contributed by atoms with van der Waals surface area (Å²) < 4.78 is 5.72. The van der Waals surface area contributed by atoms with Crippen LogP contribution in [0.1, 0.15) is 17.3 Å². The molecule has 9 heteroatoms. The first-order chi connectivity index (χ1) is 11.8. The lowest BCUT2D eigenvalue weighted by molar-refractivity contribution is -0.383. The number of para-hydroxylation sites is 2. The van der Waals surface area contributed by atoms with E-state index < -0.39 is 22.9 Å². The monoisotopic (exact) mass is 407 g/mol. The topological polar surface area (TPSA) is 125 Å². The van der Waals surface area contributed by atoms with Crippen LogP contribution in [0, 0.1) is 10.1 Å². The van der Waals surface area contributed by atoms with Crippen molar-refractivity contribution in [2.75, 3.05) is 11.1 Å². The fourth-order valence-electron chi connectivity index (χ4n) is 1.96. The third kappa shape index (κ3) is 4.54. The number of carbonyl (C=O) groups is 2. The van der Waals surface area contributed by atoms with Gasteiger partial charge in [-0.15, -0.1) is 0 Å². The SMILES string of the molecule is C[C@H](OC(=O)c1cc(Br)ccc1N)C(=O)Nc1ccccc1[N+](=O)[O-]. The minimum absolute atomic E-state index is 0.0161. The van der Waals surface area contributed by atoms with Crippen molar-refractivity contribution in [3.8, 4) is 0 Å². The molecule has 0 unspecified atom stereocenters. The number of halogens is 1. The van der Waals surface area contributed by atoms with Crippen molar-refractivity contribution < 1.29 is 19.2 Å². The van der Waals surface area contributed by atoms with E-state index in [1.165, 1.54) is 37.3 Å². The summed E-state index contributed by atoms with van der Waals surface area (Å²) in [5.41, 5.74) is 5.80. The molecule has 8 nitrogen and oxygen atoms in total. The van der Waals surface area contributed by atoms with E-state index >= 15 is 0 Å². The summed E-state index contributed by atoms with van der Waals surface area (Å²) in [4.78, 5) is 34.6. The van der Waals surface area contributed by atoms with E-state index in [-0.39, 0.29) is 22.6 Å². The Bertz CT molecular complexity index is 840. The van der Waals surface area contributed by atoms with E-state index in [9.17, 15) is 19.7 Å². The molecule has 0 aliphatic heterocycles. The first-order valence-corrected chi connectivity index (χ1v) is 7.89. The number of benzene rings is 2. The summed E-state index contributed by atoms with van der Waals surface area (Å²) in [6, 6.07) is 10.3. The van der Waals surface area contributed by atoms with Crippen molar-refractivity contribution in [3.63, 3.8) is 0 Å². The van der Waals surface area contributed by atoms with Crippen molar-refractivity contribution >= 4 is 44.9 Å². The van der Waals surface area contributed by atoms with Gasteiger partial charge in [-0.3, -0.25) is 14.9 Å². The predicted molar refractivity (Wildman–Crippen MR) is 95.2 cm³/mol. The number of hydrogen-bond acceptors (Lipinski definition) is 6. The molecule has 130 valence electrons. The van der Waals surface area contributed by atoms with E-state index in [1.54, 1.807) is 12.1 Å². The normalized spacial score (nSPS) is 11.4. The van der Waals surface area contributed by atoms with Gasteiger partial charge in [0.15, 0.2) is 6.10 Å². The highest BCUT2D eigenvalue weighted by molar-refractivity contribution is 9.10. The molecule has 25 heavy (non-hydrogen) atoms. The van der Waals surface area contributed by atoms with Crippen molar-refractivity contribution in [2.45, 2.75) is 13.0 Å². The number of nitro groups is 1. The van der Waals surface area contributed by atoms with E-state index in [0.717, 1.165) is 0 Å².